The summed E-state index contributed by atoms with van der Waals surface area (Å²) in [6, 6.07) is 21.9. The number of nitrogens with zero attached hydrogens (tertiary/aromatic N) is 2. The summed E-state index contributed by atoms with van der Waals surface area (Å²) in [6.45, 7) is 0. The molecule has 4 rings (SSSR count). The number of fused-ring (bicyclic) bond motifs is 1. The number of carbonyl (C=O) groups is 2. The number of anilines is 1. The number of aromatic amines is 1. The van der Waals surface area contributed by atoms with Crippen LogP contribution in [0.4, 0.5) is 11.4 Å². The maximum atomic E-state index is 12.5. The van der Waals surface area contributed by atoms with Crippen molar-refractivity contribution in [1.29, 1.82) is 0 Å². The van der Waals surface area contributed by atoms with Crippen LogP contribution in [0.1, 0.15) is 22.3 Å². The van der Waals surface area contributed by atoms with E-state index in [0.717, 1.165) is 9.13 Å². The molecule has 2 amide bonds. The van der Waals surface area contributed by atoms with Crippen LogP contribution in [-0.2, 0) is 11.2 Å². The average Bonchev–Trinajstić information content (AvgIpc) is 3.11. The van der Waals surface area contributed by atoms with Gasteiger partial charge in [-0.15, -0.1) is 10.2 Å². The molecule has 0 radical (unpaired) electrons. The van der Waals surface area contributed by atoms with Gasteiger partial charge in [0.25, 0.3) is 5.91 Å². The largest absolute Gasteiger partial charge is 0.493 e. The van der Waals surface area contributed by atoms with E-state index in [0.29, 0.717) is 29.4 Å². The lowest BCUT2D eigenvalue weighted by Crippen LogP contribution is -2.12. The monoisotopic (exact) mass is 538 g/mol. The lowest BCUT2D eigenvalue weighted by molar-refractivity contribution is -0.116. The number of aromatic hydroxyl groups is 1. The normalized spacial score (nSPS) is 11.2. The van der Waals surface area contributed by atoms with E-state index in [1.165, 1.54) is 0 Å². The molecule has 3 N–H and O–H groups in total. The van der Waals surface area contributed by atoms with Crippen molar-refractivity contribution in [3.8, 4) is 5.88 Å². The number of hydrogen-bond acceptors (Lipinski definition) is 4. The van der Waals surface area contributed by atoms with E-state index in [-0.39, 0.29) is 23.0 Å². The third-order valence-corrected chi connectivity index (χ3v) is 5.50. The average molecular weight is 538 g/mol. The van der Waals surface area contributed by atoms with E-state index in [1.54, 1.807) is 24.3 Å². The van der Waals surface area contributed by atoms with Gasteiger partial charge >= 0.3 is 0 Å². The third-order valence-electron chi connectivity index (χ3n) is 4.83. The first kappa shape index (κ1) is 21.7. The summed E-state index contributed by atoms with van der Waals surface area (Å²) in [7, 11) is 0. The summed E-state index contributed by atoms with van der Waals surface area (Å²) in [4.78, 5) is 27.6. The van der Waals surface area contributed by atoms with Gasteiger partial charge in [-0.3, -0.25) is 9.59 Å². The number of aromatic nitrogens is 1. The van der Waals surface area contributed by atoms with E-state index in [9.17, 15) is 14.7 Å². The van der Waals surface area contributed by atoms with Crippen molar-refractivity contribution in [3.63, 3.8) is 0 Å². The Morgan fingerprint density at radius 3 is 2.62 bits per heavy atom. The summed E-state index contributed by atoms with van der Waals surface area (Å²) >= 11 is 2.16. The molecule has 0 spiro atoms. The topological polar surface area (TPSA) is 107 Å². The van der Waals surface area contributed by atoms with Gasteiger partial charge in [0, 0.05) is 26.6 Å². The molecule has 7 nitrogen and oxygen atoms in total. The Labute approximate surface area is 197 Å². The molecule has 0 saturated heterocycles. The SMILES string of the molecule is O=C(CCc1ccccc1)Nc1cccc(C(=O)N=Nc2c(O)[nH]c3ccc(I)cc23)c1. The molecule has 0 bridgehead atoms. The number of azo groups is 1. The minimum absolute atomic E-state index is 0.140. The van der Waals surface area contributed by atoms with Gasteiger partial charge in [-0.1, -0.05) is 36.4 Å². The van der Waals surface area contributed by atoms with Gasteiger partial charge in [0.15, 0.2) is 5.69 Å². The second kappa shape index (κ2) is 9.73. The fraction of sp³-hybridized carbons (Fsp3) is 0.0833. The van der Waals surface area contributed by atoms with E-state index in [2.05, 4.69) is 43.1 Å². The van der Waals surface area contributed by atoms with Crippen LogP contribution in [0.2, 0.25) is 0 Å². The van der Waals surface area contributed by atoms with Crippen molar-refractivity contribution in [3.05, 3.63) is 87.5 Å². The predicted molar refractivity (Wildman–Crippen MR) is 131 cm³/mol. The van der Waals surface area contributed by atoms with E-state index < -0.39 is 5.91 Å². The Kier molecular flexibility index (Phi) is 6.60. The second-order valence-electron chi connectivity index (χ2n) is 7.13. The Hall–Kier alpha value is -3.53. The minimum Gasteiger partial charge on any atom is -0.493 e. The van der Waals surface area contributed by atoms with Crippen LogP contribution in [0.25, 0.3) is 10.9 Å². The quantitative estimate of drug-likeness (QED) is 0.208. The smallest absolute Gasteiger partial charge is 0.295 e. The van der Waals surface area contributed by atoms with Crippen LogP contribution in [0.15, 0.2) is 83.0 Å². The van der Waals surface area contributed by atoms with Gasteiger partial charge < -0.3 is 15.4 Å². The molecule has 0 atom stereocenters. The van der Waals surface area contributed by atoms with E-state index >= 15 is 0 Å². The van der Waals surface area contributed by atoms with Gasteiger partial charge in [-0.25, -0.2) is 0 Å². The molecule has 8 heteroatoms. The number of rotatable bonds is 6. The molecule has 160 valence electrons. The molecule has 0 unspecified atom stereocenters. The van der Waals surface area contributed by atoms with Crippen molar-refractivity contribution >= 4 is 56.7 Å². The second-order valence-corrected chi connectivity index (χ2v) is 8.38. The maximum absolute atomic E-state index is 12.5. The Morgan fingerprint density at radius 2 is 1.81 bits per heavy atom. The highest BCUT2D eigenvalue weighted by atomic mass is 127. The van der Waals surface area contributed by atoms with Crippen molar-refractivity contribution in [2.45, 2.75) is 12.8 Å². The molecule has 0 aliphatic carbocycles. The summed E-state index contributed by atoms with van der Waals surface area (Å²) in [5.74, 6) is -0.874. The first-order chi connectivity index (χ1) is 15.5. The molecular weight excluding hydrogens is 519 g/mol. The van der Waals surface area contributed by atoms with Crippen molar-refractivity contribution < 1.29 is 14.7 Å². The zero-order valence-electron chi connectivity index (χ0n) is 16.9. The third kappa shape index (κ3) is 5.20. The number of hydrogen-bond donors (Lipinski definition) is 3. The molecule has 1 aromatic heterocycles. The molecule has 4 aromatic rings. The van der Waals surface area contributed by atoms with Gasteiger partial charge in [-0.05, 0) is 71.0 Å². The van der Waals surface area contributed by atoms with Crippen LogP contribution in [0.3, 0.4) is 0 Å². The van der Waals surface area contributed by atoms with Crippen LogP contribution in [-0.4, -0.2) is 21.9 Å². The van der Waals surface area contributed by atoms with E-state index in [4.69, 9.17) is 0 Å². The highest BCUT2D eigenvalue weighted by molar-refractivity contribution is 14.1. The van der Waals surface area contributed by atoms with Crippen molar-refractivity contribution in [2.75, 3.05) is 5.32 Å². The first-order valence-corrected chi connectivity index (χ1v) is 11.0. The van der Waals surface area contributed by atoms with E-state index in [1.807, 2.05) is 48.5 Å². The first-order valence-electron chi connectivity index (χ1n) is 9.90. The predicted octanol–water partition coefficient (Wildman–Crippen LogP) is 5.97. The highest BCUT2D eigenvalue weighted by Gasteiger charge is 2.13. The lowest BCUT2D eigenvalue weighted by atomic mass is 10.1. The van der Waals surface area contributed by atoms with Crippen LogP contribution >= 0.6 is 22.6 Å². The molecule has 3 aromatic carbocycles. The zero-order valence-corrected chi connectivity index (χ0v) is 19.0. The van der Waals surface area contributed by atoms with Crippen LogP contribution in [0, 0.1) is 3.57 Å². The number of amides is 2. The Bertz CT molecular complexity index is 1320. The molecule has 0 saturated carbocycles. The lowest BCUT2D eigenvalue weighted by Gasteiger charge is -2.06. The van der Waals surface area contributed by atoms with Crippen LogP contribution in [0.5, 0.6) is 5.88 Å². The molecular formula is C24H19IN4O3. The van der Waals surface area contributed by atoms with Crippen LogP contribution < -0.4 is 5.32 Å². The zero-order chi connectivity index (χ0) is 22.5. The fourth-order valence-corrected chi connectivity index (χ4v) is 3.74. The Balaban J connectivity index is 1.44. The van der Waals surface area contributed by atoms with Gasteiger partial charge in [0.05, 0.1) is 5.52 Å². The number of benzene rings is 3. The molecule has 32 heavy (non-hydrogen) atoms. The number of H-pyrrole nitrogens is 1. The summed E-state index contributed by atoms with van der Waals surface area (Å²) < 4.78 is 0.965. The standard InChI is InChI=1S/C24H19IN4O3/c25-17-10-11-20-19(14-17)22(24(32)27-20)28-29-23(31)16-7-4-8-18(13-16)26-21(30)12-9-15-5-2-1-3-6-15/h1-8,10-11,13-14,27,32H,9,12H2,(H,26,30). The molecule has 0 fully saturated rings. The number of carbonyl (C=O) groups excluding carboxylic acids is 2. The minimum atomic E-state index is -0.579. The summed E-state index contributed by atoms with van der Waals surface area (Å²) in [6.07, 6.45) is 0.965. The number of nitrogens with one attached hydrogen (secondary N) is 2. The Morgan fingerprint density at radius 1 is 1.00 bits per heavy atom. The summed E-state index contributed by atoms with van der Waals surface area (Å²) in [5.41, 5.74) is 2.78. The molecule has 1 heterocycles. The number of aryl methyl sites for hydroxylation is 1. The molecule has 0 aliphatic heterocycles. The fourth-order valence-electron chi connectivity index (χ4n) is 3.25. The highest BCUT2D eigenvalue weighted by Crippen LogP contribution is 2.36. The molecule has 0 aliphatic rings. The summed E-state index contributed by atoms with van der Waals surface area (Å²) in [5, 5.41) is 21.3. The van der Waals surface area contributed by atoms with Gasteiger partial charge in [-0.2, -0.15) is 0 Å². The van der Waals surface area contributed by atoms with Crippen molar-refractivity contribution in [1.82, 2.24) is 4.98 Å². The van der Waals surface area contributed by atoms with Crippen molar-refractivity contribution in [2.24, 2.45) is 10.2 Å². The van der Waals surface area contributed by atoms with Gasteiger partial charge in [0.1, 0.15) is 0 Å². The van der Waals surface area contributed by atoms with Gasteiger partial charge in [0.2, 0.25) is 11.8 Å². The number of halogens is 1. The maximum Gasteiger partial charge on any atom is 0.295 e.